The number of aryl methyl sites for hydroxylation is 1. The van der Waals surface area contributed by atoms with Crippen molar-refractivity contribution in [2.24, 2.45) is 5.92 Å². The number of hydrogen-bond donors (Lipinski definition) is 1. The van der Waals surface area contributed by atoms with Crippen molar-refractivity contribution in [1.82, 2.24) is 19.5 Å². The number of benzene rings is 1. The van der Waals surface area contributed by atoms with Gasteiger partial charge >= 0.3 is 0 Å². The number of rotatable bonds is 5. The van der Waals surface area contributed by atoms with Crippen LogP contribution in [0.4, 0.5) is 0 Å². The molecule has 0 spiro atoms. The van der Waals surface area contributed by atoms with Crippen LogP contribution in [-0.4, -0.2) is 68.3 Å². The zero-order valence-electron chi connectivity index (χ0n) is 16.0. The highest BCUT2D eigenvalue weighted by Crippen LogP contribution is 2.25. The summed E-state index contributed by atoms with van der Waals surface area (Å²) < 4.78 is 27.8. The third kappa shape index (κ3) is 3.97. The van der Waals surface area contributed by atoms with Gasteiger partial charge in [-0.2, -0.15) is 4.31 Å². The van der Waals surface area contributed by atoms with Gasteiger partial charge in [-0.05, 0) is 31.7 Å². The summed E-state index contributed by atoms with van der Waals surface area (Å²) in [5.74, 6) is -0.0626. The van der Waals surface area contributed by atoms with E-state index in [1.165, 1.54) is 4.31 Å². The number of nitrogens with one attached hydrogen (secondary N) is 1. The van der Waals surface area contributed by atoms with Gasteiger partial charge in [0.2, 0.25) is 15.9 Å². The smallest absolute Gasteiger partial charge is 0.245 e. The minimum absolute atomic E-state index is 0.0590. The van der Waals surface area contributed by atoms with Crippen molar-refractivity contribution in [3.63, 3.8) is 0 Å². The van der Waals surface area contributed by atoms with Crippen LogP contribution in [-0.2, 0) is 14.8 Å². The van der Waals surface area contributed by atoms with Gasteiger partial charge in [0.15, 0.2) is 0 Å². The molecule has 1 aromatic carbocycles. The quantitative estimate of drug-likeness (QED) is 0.830. The molecule has 2 aromatic rings. The van der Waals surface area contributed by atoms with Gasteiger partial charge in [-0.1, -0.05) is 19.1 Å². The molecule has 2 heterocycles. The van der Waals surface area contributed by atoms with Crippen molar-refractivity contribution >= 4 is 26.8 Å². The Hall–Kier alpha value is -2.03. The van der Waals surface area contributed by atoms with E-state index < -0.39 is 10.0 Å². The molecule has 1 aromatic heterocycles. The van der Waals surface area contributed by atoms with E-state index in [-0.39, 0.29) is 16.7 Å². The highest BCUT2D eigenvalue weighted by Gasteiger charge is 2.32. The number of pyridine rings is 1. The van der Waals surface area contributed by atoms with Gasteiger partial charge in [-0.25, -0.2) is 8.42 Å². The van der Waals surface area contributed by atoms with Crippen LogP contribution < -0.4 is 5.32 Å². The van der Waals surface area contributed by atoms with Crippen LogP contribution in [0.5, 0.6) is 0 Å². The molecule has 146 valence electrons. The van der Waals surface area contributed by atoms with E-state index in [0.29, 0.717) is 38.2 Å². The van der Waals surface area contributed by atoms with Crippen LogP contribution in [0.25, 0.3) is 10.9 Å². The van der Waals surface area contributed by atoms with Gasteiger partial charge in [0.1, 0.15) is 4.90 Å². The molecule has 1 N–H and O–H groups in total. The van der Waals surface area contributed by atoms with E-state index in [9.17, 15) is 13.2 Å². The minimum Gasteiger partial charge on any atom is -0.340 e. The van der Waals surface area contributed by atoms with Gasteiger partial charge in [0.25, 0.3) is 0 Å². The molecule has 1 unspecified atom stereocenters. The Kier molecular flexibility index (Phi) is 5.78. The van der Waals surface area contributed by atoms with E-state index in [1.54, 1.807) is 23.2 Å². The van der Waals surface area contributed by atoms with Gasteiger partial charge in [-0.15, -0.1) is 0 Å². The number of sulfonamides is 1. The third-order valence-electron chi connectivity index (χ3n) is 4.91. The summed E-state index contributed by atoms with van der Waals surface area (Å²) in [6.45, 7) is 5.82. The second-order valence-corrected chi connectivity index (χ2v) is 8.93. The Labute approximate surface area is 160 Å². The highest BCUT2D eigenvalue weighted by atomic mass is 32.2. The van der Waals surface area contributed by atoms with Crippen molar-refractivity contribution in [1.29, 1.82) is 0 Å². The summed E-state index contributed by atoms with van der Waals surface area (Å²) in [6.07, 6.45) is 1.68. The fourth-order valence-electron chi connectivity index (χ4n) is 3.44. The number of nitrogens with zero attached hydrogens (tertiary/aromatic N) is 3. The van der Waals surface area contributed by atoms with Crippen LogP contribution in [0, 0.1) is 12.8 Å². The zero-order valence-corrected chi connectivity index (χ0v) is 16.8. The molecule has 3 rings (SSSR count). The summed E-state index contributed by atoms with van der Waals surface area (Å²) in [5.41, 5.74) is 1.48. The van der Waals surface area contributed by atoms with Crippen molar-refractivity contribution in [2.45, 2.75) is 18.7 Å². The molecular formula is C19H26N4O3S. The van der Waals surface area contributed by atoms with Crippen molar-refractivity contribution in [3.8, 4) is 0 Å². The first-order valence-electron chi connectivity index (χ1n) is 9.13. The first-order valence-corrected chi connectivity index (χ1v) is 10.6. The summed E-state index contributed by atoms with van der Waals surface area (Å²) in [6, 6.07) is 7.15. The van der Waals surface area contributed by atoms with E-state index >= 15 is 0 Å². The number of amides is 1. The Morgan fingerprint density at radius 1 is 1.26 bits per heavy atom. The first kappa shape index (κ1) is 19.7. The van der Waals surface area contributed by atoms with Gasteiger partial charge in [0.05, 0.1) is 5.52 Å². The minimum atomic E-state index is -3.66. The van der Waals surface area contributed by atoms with Gasteiger partial charge in [0, 0.05) is 50.2 Å². The highest BCUT2D eigenvalue weighted by molar-refractivity contribution is 7.89. The summed E-state index contributed by atoms with van der Waals surface area (Å²) in [5, 5.41) is 3.81. The number of carbonyl (C=O) groups is 1. The van der Waals surface area contributed by atoms with Gasteiger partial charge < -0.3 is 10.2 Å². The normalized spacial score (nSPS) is 17.2. The fourth-order valence-corrected chi connectivity index (χ4v) is 5.03. The molecule has 8 heteroatoms. The maximum Gasteiger partial charge on any atom is 0.245 e. The van der Waals surface area contributed by atoms with Crippen LogP contribution in [0.2, 0.25) is 0 Å². The lowest BCUT2D eigenvalue weighted by Gasteiger charge is -2.35. The largest absolute Gasteiger partial charge is 0.340 e. The molecule has 0 aliphatic carbocycles. The van der Waals surface area contributed by atoms with Crippen molar-refractivity contribution in [3.05, 3.63) is 36.0 Å². The molecule has 1 saturated heterocycles. The number of hydrogen-bond acceptors (Lipinski definition) is 5. The number of piperazine rings is 1. The molecule has 1 amide bonds. The number of fused-ring (bicyclic) bond motifs is 1. The summed E-state index contributed by atoms with van der Waals surface area (Å²) >= 11 is 0. The Morgan fingerprint density at radius 3 is 2.63 bits per heavy atom. The van der Waals surface area contributed by atoms with Crippen LogP contribution in [0.1, 0.15) is 12.5 Å². The molecule has 1 atom stereocenters. The first-order chi connectivity index (χ1) is 12.8. The summed E-state index contributed by atoms with van der Waals surface area (Å²) in [7, 11) is -1.85. The maximum absolute atomic E-state index is 13.2. The third-order valence-corrected chi connectivity index (χ3v) is 6.84. The number of para-hydroxylation sites is 1. The lowest BCUT2D eigenvalue weighted by atomic mass is 10.1. The monoisotopic (exact) mass is 390 g/mol. The van der Waals surface area contributed by atoms with E-state index in [4.69, 9.17) is 0 Å². The topological polar surface area (TPSA) is 82.6 Å². The number of carbonyl (C=O) groups excluding carboxylic acids is 1. The standard InChI is InChI=1S/C19H26N4O3S/c1-14-11-16-5-4-6-17(18(16)21-12-14)27(25,26)23-9-7-22(8-10-23)19(24)15(2)13-20-3/h4-6,11-12,15,20H,7-10,13H2,1-3H3. The number of aromatic nitrogens is 1. The predicted molar refractivity (Wildman–Crippen MR) is 105 cm³/mol. The molecule has 0 bridgehead atoms. The fraction of sp³-hybridized carbons (Fsp3) is 0.474. The zero-order chi connectivity index (χ0) is 19.6. The Balaban J connectivity index is 1.79. The second-order valence-electron chi connectivity index (χ2n) is 7.03. The van der Waals surface area contributed by atoms with Crippen molar-refractivity contribution in [2.75, 3.05) is 39.8 Å². The average molecular weight is 391 g/mol. The molecular weight excluding hydrogens is 364 g/mol. The van der Waals surface area contributed by atoms with Crippen LogP contribution in [0.15, 0.2) is 35.4 Å². The second kappa shape index (κ2) is 7.92. The van der Waals surface area contributed by atoms with Crippen molar-refractivity contribution < 1.29 is 13.2 Å². The Morgan fingerprint density at radius 2 is 1.96 bits per heavy atom. The van der Waals surface area contributed by atoms with E-state index in [0.717, 1.165) is 10.9 Å². The lowest BCUT2D eigenvalue weighted by Crippen LogP contribution is -2.52. The lowest BCUT2D eigenvalue weighted by molar-refractivity contribution is -0.136. The molecule has 27 heavy (non-hydrogen) atoms. The Bertz CT molecular complexity index is 937. The van der Waals surface area contributed by atoms with Gasteiger partial charge in [-0.3, -0.25) is 9.78 Å². The van der Waals surface area contributed by atoms with Crippen LogP contribution in [0.3, 0.4) is 0 Å². The summed E-state index contributed by atoms with van der Waals surface area (Å²) in [4.78, 5) is 18.8. The SMILES string of the molecule is CNCC(C)C(=O)N1CCN(S(=O)(=O)c2cccc3cc(C)cnc23)CC1. The average Bonchev–Trinajstić information content (AvgIpc) is 2.67. The van der Waals surface area contributed by atoms with E-state index in [2.05, 4.69) is 10.3 Å². The molecule has 0 saturated carbocycles. The molecule has 1 aliphatic heterocycles. The molecule has 1 fully saturated rings. The maximum atomic E-state index is 13.2. The van der Waals surface area contributed by atoms with Crippen LogP contribution >= 0.6 is 0 Å². The predicted octanol–water partition coefficient (Wildman–Crippen LogP) is 1.23. The molecule has 7 nitrogen and oxygen atoms in total. The van der Waals surface area contributed by atoms with E-state index in [1.807, 2.05) is 33.0 Å². The molecule has 1 aliphatic rings. The molecule has 0 radical (unpaired) electrons.